The van der Waals surface area contributed by atoms with Crippen LogP contribution in [0.4, 0.5) is 11.5 Å². The number of nitrogens with one attached hydrogen (secondary N) is 2. The van der Waals surface area contributed by atoms with Gasteiger partial charge in [0.15, 0.2) is 5.82 Å². The molecule has 0 aliphatic rings. The van der Waals surface area contributed by atoms with Gasteiger partial charge in [0.05, 0.1) is 5.69 Å². The minimum absolute atomic E-state index is 0.0758. The molecule has 0 unspecified atom stereocenters. The third-order valence-corrected chi connectivity index (χ3v) is 3.48. The number of hydrogen-bond acceptors (Lipinski definition) is 7. The summed E-state index contributed by atoms with van der Waals surface area (Å²) in [6.07, 6.45) is 2.61. The molecule has 2 heterocycles. The van der Waals surface area contributed by atoms with Crippen molar-refractivity contribution < 1.29 is 12.9 Å². The van der Waals surface area contributed by atoms with E-state index in [1.165, 1.54) is 24.5 Å². The van der Waals surface area contributed by atoms with Gasteiger partial charge in [0, 0.05) is 18.5 Å². The topological polar surface area (TPSA) is 123 Å². The van der Waals surface area contributed by atoms with E-state index in [-0.39, 0.29) is 16.4 Å². The first-order valence-electron chi connectivity index (χ1n) is 4.89. The van der Waals surface area contributed by atoms with Gasteiger partial charge in [0.25, 0.3) is 10.0 Å². The highest BCUT2D eigenvalue weighted by Gasteiger charge is 2.20. The highest BCUT2D eigenvalue weighted by atomic mass is 32.2. The number of rotatable bonds is 4. The number of anilines is 2. The normalized spacial score (nSPS) is 11.2. The van der Waals surface area contributed by atoms with Gasteiger partial charge >= 0.3 is 0 Å². The Balaban J connectivity index is 2.36. The highest BCUT2D eigenvalue weighted by Crippen LogP contribution is 2.21. The smallest absolute Gasteiger partial charge is 0.266 e. The third kappa shape index (κ3) is 2.41. The fourth-order valence-electron chi connectivity index (χ4n) is 1.32. The Morgan fingerprint density at radius 3 is 2.83 bits per heavy atom. The van der Waals surface area contributed by atoms with E-state index < -0.39 is 10.0 Å². The van der Waals surface area contributed by atoms with Crippen molar-refractivity contribution in [2.24, 2.45) is 5.84 Å². The Hall–Kier alpha value is -2.13. The summed E-state index contributed by atoms with van der Waals surface area (Å²) in [7, 11) is -3.82. The zero-order valence-corrected chi connectivity index (χ0v) is 10.2. The number of nitrogens with two attached hydrogens (primary N) is 1. The summed E-state index contributed by atoms with van der Waals surface area (Å²) in [5.41, 5.74) is 2.52. The summed E-state index contributed by atoms with van der Waals surface area (Å²) in [6.45, 7) is 1.65. The molecule has 0 saturated carbocycles. The van der Waals surface area contributed by atoms with E-state index in [4.69, 9.17) is 10.4 Å². The van der Waals surface area contributed by atoms with Crippen molar-refractivity contribution in [1.82, 2.24) is 10.1 Å². The average Bonchev–Trinajstić information content (AvgIpc) is 2.74. The average molecular weight is 269 g/mol. The predicted octanol–water partition coefficient (Wildman–Crippen LogP) is 0.464. The molecule has 0 spiro atoms. The van der Waals surface area contributed by atoms with Gasteiger partial charge in [-0.05, 0) is 13.0 Å². The van der Waals surface area contributed by atoms with Gasteiger partial charge in [-0.25, -0.2) is 8.42 Å². The fraction of sp³-hybridized carbons (Fsp3) is 0.111. The van der Waals surface area contributed by atoms with Gasteiger partial charge in [0.1, 0.15) is 10.7 Å². The van der Waals surface area contributed by atoms with Crippen LogP contribution in [-0.4, -0.2) is 18.6 Å². The van der Waals surface area contributed by atoms with E-state index in [1.54, 1.807) is 6.92 Å². The van der Waals surface area contributed by atoms with Crippen LogP contribution in [0.2, 0.25) is 0 Å². The van der Waals surface area contributed by atoms with E-state index in [2.05, 4.69) is 20.3 Å². The predicted molar refractivity (Wildman–Crippen MR) is 64.1 cm³/mol. The minimum Gasteiger partial charge on any atom is -0.360 e. The van der Waals surface area contributed by atoms with Crippen molar-refractivity contribution >= 4 is 21.5 Å². The number of nitrogen functional groups attached to an aromatic ring is 1. The molecular formula is C9H11N5O3S. The maximum Gasteiger partial charge on any atom is 0.266 e. The second kappa shape index (κ2) is 4.63. The van der Waals surface area contributed by atoms with Gasteiger partial charge in [0.2, 0.25) is 0 Å². The number of hydrazine groups is 1. The lowest BCUT2D eigenvalue weighted by Gasteiger charge is -2.08. The maximum absolute atomic E-state index is 12.1. The van der Waals surface area contributed by atoms with Gasteiger partial charge in [-0.2, -0.15) is 0 Å². The summed E-state index contributed by atoms with van der Waals surface area (Å²) in [5.74, 6) is 5.83. The van der Waals surface area contributed by atoms with Crippen LogP contribution in [0.25, 0.3) is 0 Å². The van der Waals surface area contributed by atoms with Crippen LogP contribution in [0.1, 0.15) is 5.76 Å². The SMILES string of the molecule is Cc1cc(NS(=O)(=O)c2cnccc2NN)no1. The van der Waals surface area contributed by atoms with E-state index in [9.17, 15) is 8.42 Å². The van der Waals surface area contributed by atoms with Crippen LogP contribution in [0.15, 0.2) is 33.9 Å². The van der Waals surface area contributed by atoms with Crippen LogP contribution in [0, 0.1) is 6.92 Å². The zero-order valence-electron chi connectivity index (χ0n) is 9.41. The standard InChI is InChI=1S/C9H11N5O3S/c1-6-4-9(13-17-6)14-18(15,16)8-5-11-3-2-7(8)12-10/h2-5H,10H2,1H3,(H,11,12)(H,13,14). The molecule has 9 heteroatoms. The largest absolute Gasteiger partial charge is 0.360 e. The quantitative estimate of drug-likeness (QED) is 0.544. The van der Waals surface area contributed by atoms with Crippen LogP contribution in [0.5, 0.6) is 0 Å². The van der Waals surface area contributed by atoms with Gasteiger partial charge in [-0.1, -0.05) is 5.16 Å². The Morgan fingerprint density at radius 2 is 2.22 bits per heavy atom. The number of nitrogens with zero attached hydrogens (tertiary/aromatic N) is 2. The first-order chi connectivity index (χ1) is 8.53. The lowest BCUT2D eigenvalue weighted by Crippen LogP contribution is -2.18. The van der Waals surface area contributed by atoms with Gasteiger partial charge < -0.3 is 9.95 Å². The molecule has 0 saturated heterocycles. The molecule has 2 rings (SSSR count). The van der Waals surface area contributed by atoms with Crippen molar-refractivity contribution in [2.45, 2.75) is 11.8 Å². The summed E-state index contributed by atoms with van der Waals surface area (Å²) in [5, 5.41) is 3.54. The molecule has 96 valence electrons. The van der Waals surface area contributed by atoms with E-state index in [0.29, 0.717) is 5.76 Å². The van der Waals surface area contributed by atoms with Crippen LogP contribution < -0.4 is 16.0 Å². The number of pyridine rings is 1. The van der Waals surface area contributed by atoms with E-state index >= 15 is 0 Å². The third-order valence-electron chi connectivity index (χ3n) is 2.10. The van der Waals surface area contributed by atoms with Crippen molar-refractivity contribution in [3.63, 3.8) is 0 Å². The highest BCUT2D eigenvalue weighted by molar-refractivity contribution is 7.92. The second-order valence-electron chi connectivity index (χ2n) is 3.44. The van der Waals surface area contributed by atoms with Crippen LogP contribution in [-0.2, 0) is 10.0 Å². The molecule has 0 atom stereocenters. The molecule has 0 aliphatic carbocycles. The Labute approximate surface area is 103 Å². The summed E-state index contributed by atoms with van der Waals surface area (Å²) >= 11 is 0. The molecule has 2 aromatic rings. The summed E-state index contributed by atoms with van der Waals surface area (Å²) in [4.78, 5) is 3.67. The van der Waals surface area contributed by atoms with Crippen molar-refractivity contribution in [3.8, 4) is 0 Å². The number of aromatic nitrogens is 2. The molecule has 8 nitrogen and oxygen atoms in total. The molecule has 2 aromatic heterocycles. The second-order valence-corrected chi connectivity index (χ2v) is 5.10. The first kappa shape index (κ1) is 12.3. The Bertz CT molecular complexity index is 652. The fourth-order valence-corrected chi connectivity index (χ4v) is 2.42. The molecule has 0 bridgehead atoms. The van der Waals surface area contributed by atoms with Gasteiger partial charge in [-0.15, -0.1) is 0 Å². The monoisotopic (exact) mass is 269 g/mol. The van der Waals surface area contributed by atoms with Crippen molar-refractivity contribution in [2.75, 3.05) is 10.1 Å². The zero-order chi connectivity index (χ0) is 13.2. The number of sulfonamides is 1. The molecule has 0 aromatic carbocycles. The Kier molecular flexibility index (Phi) is 3.17. The molecule has 0 aliphatic heterocycles. The molecule has 0 radical (unpaired) electrons. The Morgan fingerprint density at radius 1 is 1.44 bits per heavy atom. The van der Waals surface area contributed by atoms with Gasteiger partial charge in [-0.3, -0.25) is 15.5 Å². The van der Waals surface area contributed by atoms with Crippen LogP contribution in [0.3, 0.4) is 0 Å². The minimum atomic E-state index is -3.82. The van der Waals surface area contributed by atoms with Crippen molar-refractivity contribution in [3.05, 3.63) is 30.3 Å². The first-order valence-corrected chi connectivity index (χ1v) is 6.38. The van der Waals surface area contributed by atoms with E-state index in [1.807, 2.05) is 0 Å². The van der Waals surface area contributed by atoms with Crippen LogP contribution >= 0.6 is 0 Å². The van der Waals surface area contributed by atoms with Crippen molar-refractivity contribution in [1.29, 1.82) is 0 Å². The van der Waals surface area contributed by atoms with E-state index in [0.717, 1.165) is 0 Å². The maximum atomic E-state index is 12.1. The summed E-state index contributed by atoms with van der Waals surface area (Å²) < 4.78 is 31.2. The number of aryl methyl sites for hydroxylation is 1. The molecular weight excluding hydrogens is 258 g/mol. The summed E-state index contributed by atoms with van der Waals surface area (Å²) in [6, 6.07) is 2.91. The lowest BCUT2D eigenvalue weighted by atomic mass is 10.4. The molecule has 0 fully saturated rings. The molecule has 18 heavy (non-hydrogen) atoms. The molecule has 4 N–H and O–H groups in total. The molecule has 0 amide bonds. The lowest BCUT2D eigenvalue weighted by molar-refractivity contribution is 0.400. The number of hydrogen-bond donors (Lipinski definition) is 3.